The summed E-state index contributed by atoms with van der Waals surface area (Å²) in [7, 11) is 1.64. The molecular weight excluding hydrogens is 384 g/mol. The number of ether oxygens (including phenoxy) is 1. The van der Waals surface area contributed by atoms with Crippen LogP contribution in [0.4, 0.5) is 0 Å². The molecule has 0 saturated heterocycles. The van der Waals surface area contributed by atoms with E-state index < -0.39 is 5.97 Å². The van der Waals surface area contributed by atoms with E-state index in [0.717, 1.165) is 33.2 Å². The molecule has 4 rings (SSSR count). The van der Waals surface area contributed by atoms with E-state index in [2.05, 4.69) is 0 Å². The number of carboxylic acids is 1. The molecule has 5 nitrogen and oxygen atoms in total. The Balaban J connectivity index is 0.000000707. The molecule has 4 aromatic rings. The molecule has 0 amide bonds. The molecule has 0 aliphatic heterocycles. The Morgan fingerprint density at radius 2 is 1.69 bits per heavy atom. The van der Waals surface area contributed by atoms with E-state index in [1.165, 1.54) is 0 Å². The molecule has 6 heteroatoms. The quantitative estimate of drug-likeness (QED) is 0.418. The molecule has 0 atom stereocenters. The van der Waals surface area contributed by atoms with Crippen LogP contribution in [0.2, 0.25) is 0 Å². The fourth-order valence-corrected chi connectivity index (χ4v) is 3.65. The molecule has 0 fully saturated rings. The first-order valence-corrected chi connectivity index (χ1v) is 10.5. The fraction of sp³-hybridized carbons (Fsp3) is 0.217. The van der Waals surface area contributed by atoms with Gasteiger partial charge in [0, 0.05) is 22.7 Å². The molecule has 0 spiro atoms. The lowest BCUT2D eigenvalue weighted by Crippen LogP contribution is -1.95. The molecule has 0 saturated carbocycles. The number of aromatic carboxylic acids is 1. The van der Waals surface area contributed by atoms with Crippen molar-refractivity contribution in [3.8, 4) is 28.4 Å². The van der Waals surface area contributed by atoms with Gasteiger partial charge in [-0.15, -0.1) is 11.3 Å². The van der Waals surface area contributed by atoms with Gasteiger partial charge in [-0.1, -0.05) is 52.0 Å². The number of rotatable bonds is 4. The Morgan fingerprint density at radius 1 is 1.03 bits per heavy atom. The van der Waals surface area contributed by atoms with Crippen LogP contribution in [-0.4, -0.2) is 27.6 Å². The van der Waals surface area contributed by atoms with Crippen LogP contribution in [0.25, 0.3) is 27.5 Å². The van der Waals surface area contributed by atoms with Crippen molar-refractivity contribution in [3.63, 3.8) is 0 Å². The maximum atomic E-state index is 11.0. The van der Waals surface area contributed by atoms with E-state index in [0.29, 0.717) is 0 Å². The zero-order chi connectivity index (χ0) is 21.4. The minimum Gasteiger partial charge on any atom is -0.496 e. The number of aromatic nitrogens is 2. The minimum atomic E-state index is -0.940. The van der Waals surface area contributed by atoms with Crippen LogP contribution in [0.15, 0.2) is 60.1 Å². The number of benzene rings is 2. The van der Waals surface area contributed by atoms with E-state index in [1.54, 1.807) is 42.7 Å². The zero-order valence-corrected chi connectivity index (χ0v) is 18.2. The number of carboxylic acid groups (broad SMARTS) is 1. The Hall–Kier alpha value is -3.12. The topological polar surface area (TPSA) is 63.8 Å². The lowest BCUT2D eigenvalue weighted by Gasteiger charge is -2.05. The number of methoxy groups -OCH3 is 1. The Bertz CT molecular complexity index is 1070. The van der Waals surface area contributed by atoms with E-state index in [-0.39, 0.29) is 5.56 Å². The Labute approximate surface area is 175 Å². The first kappa shape index (κ1) is 22.2. The summed E-state index contributed by atoms with van der Waals surface area (Å²) in [5.41, 5.74) is 2.90. The second kappa shape index (κ2) is 10.4. The molecule has 29 heavy (non-hydrogen) atoms. The van der Waals surface area contributed by atoms with Gasteiger partial charge in [-0.05, 0) is 24.3 Å². The monoisotopic (exact) mass is 410 g/mol. The van der Waals surface area contributed by atoms with Gasteiger partial charge in [-0.25, -0.2) is 9.78 Å². The third kappa shape index (κ3) is 4.49. The number of imidazole rings is 1. The molecular formula is C23H26N2O3S. The highest BCUT2D eigenvalue weighted by molar-refractivity contribution is 7.16. The summed E-state index contributed by atoms with van der Waals surface area (Å²) in [4.78, 5) is 16.9. The van der Waals surface area contributed by atoms with Crippen molar-refractivity contribution >= 4 is 22.1 Å². The van der Waals surface area contributed by atoms with Crippen molar-refractivity contribution in [2.75, 3.05) is 7.11 Å². The fourth-order valence-electron chi connectivity index (χ4n) is 2.81. The summed E-state index contributed by atoms with van der Waals surface area (Å²) in [6.45, 7) is 8.00. The normalized spacial score (nSPS) is 9.83. The van der Waals surface area contributed by atoms with Crippen LogP contribution < -0.4 is 4.74 Å². The van der Waals surface area contributed by atoms with Crippen LogP contribution in [0.5, 0.6) is 5.75 Å². The first-order chi connectivity index (χ1) is 14.2. The summed E-state index contributed by atoms with van der Waals surface area (Å²) in [6.07, 6.45) is 1.96. The highest BCUT2D eigenvalue weighted by Gasteiger charge is 2.18. The maximum absolute atomic E-state index is 11.0. The van der Waals surface area contributed by atoms with Crippen molar-refractivity contribution in [2.45, 2.75) is 27.7 Å². The molecule has 0 aliphatic carbocycles. The number of hydrogen-bond donors (Lipinski definition) is 1. The predicted molar refractivity (Wildman–Crippen MR) is 120 cm³/mol. The van der Waals surface area contributed by atoms with Gasteiger partial charge in [0.25, 0.3) is 0 Å². The molecule has 0 aliphatic rings. The van der Waals surface area contributed by atoms with E-state index >= 15 is 0 Å². The lowest BCUT2D eigenvalue weighted by molar-refractivity contribution is 0.0697. The largest absolute Gasteiger partial charge is 0.496 e. The van der Waals surface area contributed by atoms with E-state index in [1.807, 2.05) is 67.9 Å². The summed E-state index contributed by atoms with van der Waals surface area (Å²) in [6, 6.07) is 14.5. The summed E-state index contributed by atoms with van der Waals surface area (Å²) < 4.78 is 7.49. The molecule has 2 aromatic heterocycles. The van der Waals surface area contributed by atoms with Gasteiger partial charge >= 0.3 is 5.97 Å². The third-order valence-corrected chi connectivity index (χ3v) is 4.88. The predicted octanol–water partition coefficient (Wildman–Crippen LogP) is 6.49. The van der Waals surface area contributed by atoms with Crippen molar-refractivity contribution in [1.29, 1.82) is 0 Å². The van der Waals surface area contributed by atoms with Gasteiger partial charge in [0.15, 0.2) is 0 Å². The van der Waals surface area contributed by atoms with Crippen LogP contribution in [-0.2, 0) is 0 Å². The van der Waals surface area contributed by atoms with Gasteiger partial charge in [0.05, 0.1) is 12.7 Å². The number of thiazole rings is 1. The highest BCUT2D eigenvalue weighted by atomic mass is 32.1. The molecule has 0 radical (unpaired) electrons. The molecule has 2 aromatic carbocycles. The van der Waals surface area contributed by atoms with Crippen LogP contribution in [0, 0.1) is 0 Å². The van der Waals surface area contributed by atoms with E-state index in [9.17, 15) is 4.79 Å². The maximum Gasteiger partial charge on any atom is 0.335 e. The number of para-hydroxylation sites is 1. The van der Waals surface area contributed by atoms with Crippen LogP contribution >= 0.6 is 11.3 Å². The smallest absolute Gasteiger partial charge is 0.335 e. The Morgan fingerprint density at radius 3 is 2.31 bits per heavy atom. The van der Waals surface area contributed by atoms with Crippen LogP contribution in [0.1, 0.15) is 38.1 Å². The second-order valence-corrected chi connectivity index (χ2v) is 6.34. The number of fused-ring (bicyclic) bond motifs is 1. The number of hydrogen-bond acceptors (Lipinski definition) is 4. The van der Waals surface area contributed by atoms with Gasteiger partial charge in [-0.2, -0.15) is 0 Å². The summed E-state index contributed by atoms with van der Waals surface area (Å²) in [5, 5.41) is 11.1. The summed E-state index contributed by atoms with van der Waals surface area (Å²) >= 11 is 1.60. The second-order valence-electron chi connectivity index (χ2n) is 5.44. The standard InChI is InChI=1S/C19H14N2O3S.2C2H6/c1-24-15-5-3-2-4-14(15)16-18-21(10-11-25-18)17(20-16)12-6-8-13(9-7-12)19(22)23;2*1-2/h2-11H,1H3,(H,22,23);2*1-2H3. The minimum absolute atomic E-state index is 0.256. The van der Waals surface area contributed by atoms with Gasteiger partial charge in [-0.3, -0.25) is 4.40 Å². The van der Waals surface area contributed by atoms with Crippen molar-refractivity contribution in [3.05, 3.63) is 65.7 Å². The lowest BCUT2D eigenvalue weighted by atomic mass is 10.1. The Kier molecular flexibility index (Phi) is 7.98. The highest BCUT2D eigenvalue weighted by Crippen LogP contribution is 2.36. The average Bonchev–Trinajstić information content (AvgIpc) is 3.39. The third-order valence-electron chi connectivity index (χ3n) is 4.01. The van der Waals surface area contributed by atoms with Gasteiger partial charge in [0.1, 0.15) is 22.1 Å². The van der Waals surface area contributed by atoms with Crippen molar-refractivity contribution in [2.24, 2.45) is 0 Å². The summed E-state index contributed by atoms with van der Waals surface area (Å²) in [5.74, 6) is 0.600. The number of carbonyl (C=O) groups is 1. The molecule has 0 bridgehead atoms. The molecule has 1 N–H and O–H groups in total. The number of nitrogens with zero attached hydrogens (tertiary/aromatic N) is 2. The first-order valence-electron chi connectivity index (χ1n) is 9.61. The molecule has 2 heterocycles. The molecule has 152 valence electrons. The SMILES string of the molecule is CC.CC.COc1ccccc1-c1nc(-c2ccc(C(=O)O)cc2)n2ccsc12. The van der Waals surface area contributed by atoms with Crippen LogP contribution in [0.3, 0.4) is 0 Å². The van der Waals surface area contributed by atoms with Crippen molar-refractivity contribution in [1.82, 2.24) is 9.38 Å². The van der Waals surface area contributed by atoms with E-state index in [4.69, 9.17) is 14.8 Å². The zero-order valence-electron chi connectivity index (χ0n) is 17.3. The van der Waals surface area contributed by atoms with Gasteiger partial charge < -0.3 is 9.84 Å². The average molecular weight is 411 g/mol. The van der Waals surface area contributed by atoms with Gasteiger partial charge in [0.2, 0.25) is 0 Å². The van der Waals surface area contributed by atoms with Crippen molar-refractivity contribution < 1.29 is 14.6 Å². The molecule has 0 unspecified atom stereocenters.